The summed E-state index contributed by atoms with van der Waals surface area (Å²) in [5, 5.41) is 6.17. The molecule has 1 fully saturated rings. The molecule has 1 aromatic heterocycles. The summed E-state index contributed by atoms with van der Waals surface area (Å²) in [6, 6.07) is 0. The predicted molar refractivity (Wildman–Crippen MR) is 41.5 cm³/mol. The smallest absolute Gasteiger partial charge is 0.291 e. The number of aromatic nitrogens is 3. The molecule has 5 nitrogen and oxygen atoms in total. The number of carbonyl (C=O) groups excluding carboxylic acids is 1. The van der Waals surface area contributed by atoms with Crippen LogP contribution in [0.5, 0.6) is 0 Å². The van der Waals surface area contributed by atoms with Crippen LogP contribution in [0.15, 0.2) is 6.33 Å². The molecule has 1 N–H and O–H groups in total. The van der Waals surface area contributed by atoms with Crippen molar-refractivity contribution in [1.29, 1.82) is 0 Å². The van der Waals surface area contributed by atoms with Crippen LogP contribution < -0.4 is 0 Å². The van der Waals surface area contributed by atoms with Crippen molar-refractivity contribution in [3.8, 4) is 0 Å². The second-order valence-electron chi connectivity index (χ2n) is 3.15. The Morgan fingerprint density at radius 1 is 1.75 bits per heavy atom. The molecule has 0 bridgehead atoms. The molecule has 0 radical (unpaired) electrons. The van der Waals surface area contributed by atoms with Crippen LogP contribution in [0.3, 0.4) is 0 Å². The Hall–Kier alpha value is -1.39. The van der Waals surface area contributed by atoms with Crippen LogP contribution in [0.2, 0.25) is 0 Å². The summed E-state index contributed by atoms with van der Waals surface area (Å²) in [5.41, 5.74) is 0. The van der Waals surface area contributed by atoms with Gasteiger partial charge in [0.15, 0.2) is 0 Å². The highest BCUT2D eigenvalue weighted by Crippen LogP contribution is 2.15. The number of rotatable bonds is 1. The van der Waals surface area contributed by atoms with Gasteiger partial charge in [-0.25, -0.2) is 4.98 Å². The fourth-order valence-electron chi connectivity index (χ4n) is 1.32. The van der Waals surface area contributed by atoms with E-state index in [-0.39, 0.29) is 5.91 Å². The van der Waals surface area contributed by atoms with Crippen molar-refractivity contribution in [3.63, 3.8) is 0 Å². The average molecular weight is 166 g/mol. The van der Waals surface area contributed by atoms with Crippen LogP contribution in [0, 0.1) is 5.92 Å². The predicted octanol–water partition coefficient (Wildman–Crippen LogP) is -0.103. The number of nitrogens with one attached hydrogen (secondary N) is 1. The van der Waals surface area contributed by atoms with E-state index in [1.54, 1.807) is 4.90 Å². The lowest BCUT2D eigenvalue weighted by Gasteiger charge is -2.36. The lowest BCUT2D eigenvalue weighted by Crippen LogP contribution is -2.48. The van der Waals surface area contributed by atoms with Crippen LogP contribution in [0.25, 0.3) is 0 Å². The normalized spacial score (nSPS) is 17.6. The average Bonchev–Trinajstić information content (AvgIpc) is 2.49. The lowest BCUT2D eigenvalue weighted by molar-refractivity contribution is 0.0518. The zero-order chi connectivity index (χ0) is 8.55. The van der Waals surface area contributed by atoms with Crippen molar-refractivity contribution < 1.29 is 4.79 Å². The summed E-state index contributed by atoms with van der Waals surface area (Å²) in [6.45, 7) is 3.78. The van der Waals surface area contributed by atoms with Gasteiger partial charge in [0, 0.05) is 13.1 Å². The maximum Gasteiger partial charge on any atom is 0.291 e. The molecule has 1 aliphatic heterocycles. The molecule has 1 amide bonds. The summed E-state index contributed by atoms with van der Waals surface area (Å²) in [4.78, 5) is 17.0. The highest BCUT2D eigenvalue weighted by atomic mass is 16.2. The highest BCUT2D eigenvalue weighted by Gasteiger charge is 2.29. The second kappa shape index (κ2) is 2.58. The van der Waals surface area contributed by atoms with Crippen molar-refractivity contribution in [3.05, 3.63) is 12.2 Å². The van der Waals surface area contributed by atoms with E-state index >= 15 is 0 Å². The molecular formula is C7H10N4O. The first-order chi connectivity index (χ1) is 5.77. The van der Waals surface area contributed by atoms with E-state index in [1.807, 2.05) is 0 Å². The van der Waals surface area contributed by atoms with E-state index in [4.69, 9.17) is 0 Å². The third-order valence-corrected chi connectivity index (χ3v) is 1.97. The zero-order valence-corrected chi connectivity index (χ0v) is 6.82. The summed E-state index contributed by atoms with van der Waals surface area (Å²) >= 11 is 0. The molecule has 0 spiro atoms. The molecule has 0 unspecified atom stereocenters. The Bertz CT molecular complexity index is 276. The minimum Gasteiger partial charge on any atom is -0.335 e. The number of H-pyrrole nitrogens is 1. The van der Waals surface area contributed by atoms with Crippen LogP contribution >= 0.6 is 0 Å². The summed E-state index contributed by atoms with van der Waals surface area (Å²) in [7, 11) is 0. The van der Waals surface area contributed by atoms with Crippen LogP contribution in [-0.4, -0.2) is 39.1 Å². The van der Waals surface area contributed by atoms with Gasteiger partial charge in [-0.15, -0.1) is 0 Å². The molecule has 64 valence electrons. The molecule has 0 aliphatic carbocycles. The zero-order valence-electron chi connectivity index (χ0n) is 6.82. The number of hydrogen-bond donors (Lipinski definition) is 1. The van der Waals surface area contributed by atoms with Crippen molar-refractivity contribution >= 4 is 5.91 Å². The van der Waals surface area contributed by atoms with E-state index in [9.17, 15) is 4.79 Å². The van der Waals surface area contributed by atoms with Crippen LogP contribution in [0.4, 0.5) is 0 Å². The minimum atomic E-state index is -0.0504. The van der Waals surface area contributed by atoms with Gasteiger partial charge in [-0.1, -0.05) is 6.92 Å². The third-order valence-electron chi connectivity index (χ3n) is 1.97. The number of likely N-dealkylation sites (tertiary alicyclic amines) is 1. The molecule has 0 aromatic carbocycles. The van der Waals surface area contributed by atoms with E-state index in [2.05, 4.69) is 22.1 Å². The van der Waals surface area contributed by atoms with E-state index in [1.165, 1.54) is 6.33 Å². The summed E-state index contributed by atoms with van der Waals surface area (Å²) in [5.74, 6) is 0.907. The number of carbonyl (C=O) groups is 1. The number of amides is 1. The molecule has 1 aliphatic rings. The first kappa shape index (κ1) is 7.27. The van der Waals surface area contributed by atoms with E-state index in [0.29, 0.717) is 11.7 Å². The number of aromatic amines is 1. The second-order valence-corrected chi connectivity index (χ2v) is 3.15. The number of nitrogens with zero attached hydrogens (tertiary/aromatic N) is 3. The molecule has 0 atom stereocenters. The van der Waals surface area contributed by atoms with Crippen LogP contribution in [-0.2, 0) is 0 Å². The van der Waals surface area contributed by atoms with Crippen molar-refractivity contribution in [1.82, 2.24) is 20.1 Å². The third kappa shape index (κ3) is 1.07. The first-order valence-electron chi connectivity index (χ1n) is 3.92. The molecule has 2 rings (SSSR count). The molecule has 5 heteroatoms. The molecule has 1 saturated heterocycles. The standard InChI is InChI=1S/C7H10N4O/c1-5-2-11(3-5)7(12)6-8-4-9-10-6/h4-5H,2-3H2,1H3,(H,8,9,10). The quantitative estimate of drug-likeness (QED) is 0.633. The topological polar surface area (TPSA) is 61.9 Å². The van der Waals surface area contributed by atoms with E-state index in [0.717, 1.165) is 13.1 Å². The maximum absolute atomic E-state index is 11.4. The van der Waals surface area contributed by atoms with Gasteiger partial charge in [0.25, 0.3) is 5.91 Å². The van der Waals surface area contributed by atoms with Gasteiger partial charge in [-0.2, -0.15) is 5.10 Å². The van der Waals surface area contributed by atoms with Gasteiger partial charge in [0.05, 0.1) is 0 Å². The maximum atomic E-state index is 11.4. The molecule has 0 saturated carbocycles. The van der Waals surface area contributed by atoms with E-state index < -0.39 is 0 Å². The Kier molecular flexibility index (Phi) is 1.56. The molecular weight excluding hydrogens is 156 g/mol. The van der Waals surface area contributed by atoms with Gasteiger partial charge < -0.3 is 4.90 Å². The fourth-order valence-corrected chi connectivity index (χ4v) is 1.32. The largest absolute Gasteiger partial charge is 0.335 e. The molecule has 1 aromatic rings. The van der Waals surface area contributed by atoms with Gasteiger partial charge in [-0.05, 0) is 5.92 Å². The number of hydrogen-bond acceptors (Lipinski definition) is 3. The Morgan fingerprint density at radius 3 is 3.00 bits per heavy atom. The fraction of sp³-hybridized carbons (Fsp3) is 0.571. The highest BCUT2D eigenvalue weighted by molar-refractivity contribution is 5.90. The first-order valence-corrected chi connectivity index (χ1v) is 3.92. The molecule has 2 heterocycles. The lowest BCUT2D eigenvalue weighted by atomic mass is 10.0. The Labute approximate surface area is 69.8 Å². The minimum absolute atomic E-state index is 0.0504. The van der Waals surface area contributed by atoms with Crippen molar-refractivity contribution in [2.75, 3.05) is 13.1 Å². The summed E-state index contributed by atoms with van der Waals surface area (Å²) < 4.78 is 0. The van der Waals surface area contributed by atoms with Crippen LogP contribution in [0.1, 0.15) is 17.5 Å². The van der Waals surface area contributed by atoms with Gasteiger partial charge in [0.2, 0.25) is 5.82 Å². The van der Waals surface area contributed by atoms with Gasteiger partial charge >= 0.3 is 0 Å². The van der Waals surface area contributed by atoms with Crippen molar-refractivity contribution in [2.45, 2.75) is 6.92 Å². The van der Waals surface area contributed by atoms with Gasteiger partial charge in [0.1, 0.15) is 6.33 Å². The summed E-state index contributed by atoms with van der Waals surface area (Å²) in [6.07, 6.45) is 1.34. The SMILES string of the molecule is CC1CN(C(=O)c2ncn[nH]2)C1. The Balaban J connectivity index is 2.03. The Morgan fingerprint density at radius 2 is 2.50 bits per heavy atom. The van der Waals surface area contributed by atoms with Crippen molar-refractivity contribution in [2.24, 2.45) is 5.92 Å². The molecule has 12 heavy (non-hydrogen) atoms. The van der Waals surface area contributed by atoms with Gasteiger partial charge in [-0.3, -0.25) is 9.89 Å². The monoisotopic (exact) mass is 166 g/mol.